The molecule has 0 radical (unpaired) electrons. The van der Waals surface area contributed by atoms with Gasteiger partial charge >= 0.3 is 0 Å². The van der Waals surface area contributed by atoms with Gasteiger partial charge in [-0.25, -0.2) is 0 Å². The lowest BCUT2D eigenvalue weighted by molar-refractivity contribution is -0.159. The molecule has 2 aliphatic heterocycles. The number of rotatable bonds is 5. The first-order chi connectivity index (χ1) is 15.1. The lowest BCUT2D eigenvalue weighted by Crippen LogP contribution is -2.63. The number of H-pyrrole nitrogens is 1. The molecule has 2 aromatic carbocycles. The number of nitrogens with zero attached hydrogens (tertiary/aromatic N) is 2. The lowest BCUT2D eigenvalue weighted by atomic mass is 9.86. The Labute approximate surface area is 180 Å². The van der Waals surface area contributed by atoms with Crippen molar-refractivity contribution in [3.05, 3.63) is 65.4 Å². The van der Waals surface area contributed by atoms with Crippen LogP contribution in [0.3, 0.4) is 0 Å². The minimum absolute atomic E-state index is 0.0273. The maximum absolute atomic E-state index is 13.4. The summed E-state index contributed by atoms with van der Waals surface area (Å²) in [6.45, 7) is 0.883. The van der Waals surface area contributed by atoms with Crippen LogP contribution in [-0.4, -0.2) is 66.6 Å². The number of aromatic amines is 1. The minimum atomic E-state index is -0.541. The second-order valence-corrected chi connectivity index (χ2v) is 8.02. The van der Waals surface area contributed by atoms with Crippen LogP contribution < -0.4 is 4.74 Å². The number of carbonyl (C=O) groups excluding carboxylic acids is 2. The van der Waals surface area contributed by atoms with Crippen LogP contribution in [-0.2, 0) is 20.7 Å². The third-order valence-corrected chi connectivity index (χ3v) is 6.32. The van der Waals surface area contributed by atoms with Gasteiger partial charge in [-0.2, -0.15) is 0 Å². The second kappa shape index (κ2) is 7.74. The van der Waals surface area contributed by atoms with Gasteiger partial charge in [-0.05, 0) is 29.3 Å². The Balaban J connectivity index is 1.67. The van der Waals surface area contributed by atoms with Gasteiger partial charge in [-0.15, -0.1) is 0 Å². The molecule has 5 rings (SSSR count). The Bertz CT molecular complexity index is 1150. The molecule has 31 heavy (non-hydrogen) atoms. The van der Waals surface area contributed by atoms with E-state index in [0.29, 0.717) is 19.6 Å². The maximum Gasteiger partial charge on any atom is 0.246 e. The minimum Gasteiger partial charge on any atom is -0.497 e. The van der Waals surface area contributed by atoms with Crippen molar-refractivity contribution >= 4 is 22.7 Å². The SMILES string of the molecule is COCCN1CC(=O)N2[C@@H](c3cccc(OC)c3)c3[nH]c4ccccc4c3C[C@H]2C1=O. The molecule has 0 aliphatic carbocycles. The molecule has 2 aliphatic rings. The van der Waals surface area contributed by atoms with Gasteiger partial charge in [-0.1, -0.05) is 30.3 Å². The first kappa shape index (κ1) is 19.6. The Hall–Kier alpha value is -3.32. The highest BCUT2D eigenvalue weighted by molar-refractivity contribution is 5.97. The Kier molecular flexibility index (Phi) is 4.90. The van der Waals surface area contributed by atoms with Crippen LogP contribution in [0.5, 0.6) is 5.75 Å². The number of benzene rings is 2. The van der Waals surface area contributed by atoms with E-state index in [2.05, 4.69) is 11.1 Å². The molecule has 160 valence electrons. The van der Waals surface area contributed by atoms with E-state index in [9.17, 15) is 9.59 Å². The molecular weight excluding hydrogens is 394 g/mol. The zero-order valence-electron chi connectivity index (χ0n) is 17.6. The van der Waals surface area contributed by atoms with Crippen molar-refractivity contribution in [2.75, 3.05) is 33.9 Å². The van der Waals surface area contributed by atoms with Crippen molar-refractivity contribution in [3.8, 4) is 5.75 Å². The third kappa shape index (κ3) is 3.16. The van der Waals surface area contributed by atoms with E-state index >= 15 is 0 Å². The summed E-state index contributed by atoms with van der Waals surface area (Å²) < 4.78 is 10.6. The summed E-state index contributed by atoms with van der Waals surface area (Å²) in [6, 6.07) is 14.9. The molecule has 0 bridgehead atoms. The van der Waals surface area contributed by atoms with E-state index in [4.69, 9.17) is 9.47 Å². The molecule has 0 unspecified atom stereocenters. The molecule has 2 amide bonds. The van der Waals surface area contributed by atoms with E-state index in [1.165, 1.54) is 0 Å². The number of hydrogen-bond donors (Lipinski definition) is 1. The molecule has 1 fully saturated rings. The molecule has 2 atom stereocenters. The highest BCUT2D eigenvalue weighted by Gasteiger charge is 2.48. The molecule has 0 spiro atoms. The fourth-order valence-electron chi connectivity index (χ4n) is 4.87. The fourth-order valence-corrected chi connectivity index (χ4v) is 4.87. The van der Waals surface area contributed by atoms with Gasteiger partial charge in [0.25, 0.3) is 0 Å². The number of amides is 2. The van der Waals surface area contributed by atoms with Crippen LogP contribution >= 0.6 is 0 Å². The molecular formula is C24H25N3O4. The Morgan fingerprint density at radius 2 is 1.94 bits per heavy atom. The van der Waals surface area contributed by atoms with Crippen molar-refractivity contribution in [2.24, 2.45) is 0 Å². The number of nitrogens with one attached hydrogen (secondary N) is 1. The highest BCUT2D eigenvalue weighted by Crippen LogP contribution is 2.43. The number of fused-ring (bicyclic) bond motifs is 4. The van der Waals surface area contributed by atoms with Gasteiger partial charge in [0, 0.05) is 36.7 Å². The summed E-state index contributed by atoms with van der Waals surface area (Å²) in [4.78, 5) is 33.7. The summed E-state index contributed by atoms with van der Waals surface area (Å²) in [5, 5.41) is 1.10. The van der Waals surface area contributed by atoms with Crippen molar-refractivity contribution < 1.29 is 19.1 Å². The second-order valence-electron chi connectivity index (χ2n) is 8.02. The average Bonchev–Trinajstić information content (AvgIpc) is 3.17. The van der Waals surface area contributed by atoms with Gasteiger partial charge in [-0.3, -0.25) is 9.59 Å². The largest absolute Gasteiger partial charge is 0.497 e. The van der Waals surface area contributed by atoms with Gasteiger partial charge in [0.15, 0.2) is 0 Å². The third-order valence-electron chi connectivity index (χ3n) is 6.32. The van der Waals surface area contributed by atoms with Crippen molar-refractivity contribution in [1.29, 1.82) is 0 Å². The van der Waals surface area contributed by atoms with Crippen LogP contribution in [0.4, 0.5) is 0 Å². The molecule has 0 saturated carbocycles. The normalized spacial score (nSPS) is 20.7. The number of hydrogen-bond acceptors (Lipinski definition) is 4. The van der Waals surface area contributed by atoms with E-state index < -0.39 is 6.04 Å². The highest BCUT2D eigenvalue weighted by atomic mass is 16.5. The van der Waals surface area contributed by atoms with Gasteiger partial charge in [0.05, 0.1) is 26.3 Å². The zero-order valence-corrected chi connectivity index (χ0v) is 17.6. The van der Waals surface area contributed by atoms with Crippen molar-refractivity contribution in [1.82, 2.24) is 14.8 Å². The van der Waals surface area contributed by atoms with Crippen molar-refractivity contribution in [2.45, 2.75) is 18.5 Å². The summed E-state index contributed by atoms with van der Waals surface area (Å²) in [5.41, 5.74) is 4.00. The molecule has 7 heteroatoms. The number of para-hydroxylation sites is 1. The van der Waals surface area contributed by atoms with Crippen LogP contribution in [0.2, 0.25) is 0 Å². The fraction of sp³-hybridized carbons (Fsp3) is 0.333. The van der Waals surface area contributed by atoms with Crippen molar-refractivity contribution in [3.63, 3.8) is 0 Å². The average molecular weight is 419 g/mol. The molecule has 3 aromatic rings. The predicted octanol–water partition coefficient (Wildman–Crippen LogP) is 2.51. The summed E-state index contributed by atoms with van der Waals surface area (Å²) >= 11 is 0. The van der Waals surface area contributed by atoms with Gasteiger partial charge in [0.2, 0.25) is 11.8 Å². The summed E-state index contributed by atoms with van der Waals surface area (Å²) in [6.07, 6.45) is 0.494. The van der Waals surface area contributed by atoms with Crippen LogP contribution in [0.25, 0.3) is 10.9 Å². The Morgan fingerprint density at radius 1 is 1.10 bits per heavy atom. The predicted molar refractivity (Wildman–Crippen MR) is 116 cm³/mol. The number of aromatic nitrogens is 1. The van der Waals surface area contributed by atoms with E-state index in [-0.39, 0.29) is 24.4 Å². The van der Waals surface area contributed by atoms with E-state index in [1.54, 1.807) is 24.0 Å². The molecule has 1 aromatic heterocycles. The smallest absolute Gasteiger partial charge is 0.246 e. The molecule has 1 saturated heterocycles. The number of methoxy groups -OCH3 is 2. The molecule has 3 heterocycles. The monoisotopic (exact) mass is 419 g/mol. The van der Waals surface area contributed by atoms with Gasteiger partial charge < -0.3 is 24.3 Å². The number of ether oxygens (including phenoxy) is 2. The number of carbonyl (C=O) groups is 2. The van der Waals surface area contributed by atoms with Crippen LogP contribution in [0.1, 0.15) is 22.9 Å². The maximum atomic E-state index is 13.4. The molecule has 7 nitrogen and oxygen atoms in total. The van der Waals surface area contributed by atoms with E-state index in [0.717, 1.165) is 33.5 Å². The quantitative estimate of drug-likeness (QED) is 0.690. The van der Waals surface area contributed by atoms with E-state index in [1.807, 2.05) is 42.5 Å². The van der Waals surface area contributed by atoms with Crippen LogP contribution in [0.15, 0.2) is 48.5 Å². The lowest BCUT2D eigenvalue weighted by Gasteiger charge is -2.47. The number of piperazine rings is 1. The summed E-state index contributed by atoms with van der Waals surface area (Å²) in [7, 11) is 3.22. The molecule has 1 N–H and O–H groups in total. The standard InChI is InChI=1S/C24H25N3O4/c1-30-11-10-26-14-21(28)27-20(24(26)29)13-18-17-8-3-4-9-19(17)25-22(18)23(27)15-6-5-7-16(12-15)31-2/h3-9,12,20,23,25H,10-11,13-14H2,1-2H3/t20-,23-/m0/s1. The first-order valence-corrected chi connectivity index (χ1v) is 10.4. The summed E-state index contributed by atoms with van der Waals surface area (Å²) in [5.74, 6) is 0.632. The topological polar surface area (TPSA) is 74.9 Å². The van der Waals surface area contributed by atoms with Gasteiger partial charge in [0.1, 0.15) is 11.8 Å². The first-order valence-electron chi connectivity index (χ1n) is 10.4. The van der Waals surface area contributed by atoms with Crippen LogP contribution in [0, 0.1) is 0 Å². The Morgan fingerprint density at radius 3 is 2.74 bits per heavy atom. The zero-order chi connectivity index (χ0) is 21.5.